The minimum Gasteiger partial charge on any atom is -0.478 e. The highest BCUT2D eigenvalue weighted by Crippen LogP contribution is 2.02. The van der Waals surface area contributed by atoms with Gasteiger partial charge in [-0.25, -0.2) is 4.79 Å². The lowest BCUT2D eigenvalue weighted by atomic mass is 10.3. The second-order valence-electron chi connectivity index (χ2n) is 1.41. The van der Waals surface area contributed by atoms with Gasteiger partial charge in [0.2, 0.25) is 0 Å². The van der Waals surface area contributed by atoms with E-state index in [1.54, 1.807) is 0 Å². The molecule has 2 nitrogen and oxygen atoms in total. The van der Waals surface area contributed by atoms with Gasteiger partial charge in [0.15, 0.2) is 0 Å². The van der Waals surface area contributed by atoms with Crippen molar-refractivity contribution in [2.75, 3.05) is 10.7 Å². The molecule has 0 saturated carbocycles. The van der Waals surface area contributed by atoms with Crippen molar-refractivity contribution in [3.8, 4) is 0 Å². The highest BCUT2D eigenvalue weighted by molar-refractivity contribution is 9.10. The van der Waals surface area contributed by atoms with Crippen LogP contribution >= 0.6 is 31.9 Å². The summed E-state index contributed by atoms with van der Waals surface area (Å²) in [5, 5.41) is 9.43. The predicted octanol–water partition coefficient (Wildman–Crippen LogP) is 1.79. The number of allylic oxidation sites excluding steroid dienone is 1. The molecular weight excluding hydrogens is 252 g/mol. The minimum absolute atomic E-state index is 0.602. The Morgan fingerprint density at radius 3 is 2.00 bits per heavy atom. The van der Waals surface area contributed by atoms with E-state index >= 15 is 0 Å². The van der Waals surface area contributed by atoms with Gasteiger partial charge >= 0.3 is 5.97 Å². The number of aliphatic carboxylic acids is 1. The SMILES string of the molecule is O=C(O)C=C(CBr)CBr. The summed E-state index contributed by atoms with van der Waals surface area (Å²) < 4.78 is 0. The van der Waals surface area contributed by atoms with Crippen molar-refractivity contribution < 1.29 is 9.90 Å². The molecule has 0 aromatic carbocycles. The summed E-state index contributed by atoms with van der Waals surface area (Å²) in [6.07, 6.45) is 1.18. The zero-order chi connectivity index (χ0) is 7.28. The van der Waals surface area contributed by atoms with E-state index < -0.39 is 5.97 Å². The van der Waals surface area contributed by atoms with Crippen LogP contribution in [0.3, 0.4) is 0 Å². The number of carboxylic acid groups (broad SMARTS) is 1. The molecule has 0 rings (SSSR count). The van der Waals surface area contributed by atoms with Crippen molar-refractivity contribution in [2.24, 2.45) is 0 Å². The first kappa shape index (κ1) is 9.17. The first-order chi connectivity index (χ1) is 4.20. The molecule has 1 N–H and O–H groups in total. The molecule has 4 heteroatoms. The summed E-state index contributed by atoms with van der Waals surface area (Å²) in [6.45, 7) is 0. The van der Waals surface area contributed by atoms with Crippen LogP contribution in [0.25, 0.3) is 0 Å². The molecule has 0 atom stereocenters. The summed E-state index contributed by atoms with van der Waals surface area (Å²) in [5.41, 5.74) is 0.822. The highest BCUT2D eigenvalue weighted by Gasteiger charge is 1.94. The quantitative estimate of drug-likeness (QED) is 0.618. The zero-order valence-corrected chi connectivity index (χ0v) is 7.77. The third-order valence-corrected chi connectivity index (χ3v) is 2.11. The summed E-state index contributed by atoms with van der Waals surface area (Å²) in [7, 11) is 0. The van der Waals surface area contributed by atoms with Gasteiger partial charge in [-0.3, -0.25) is 0 Å². The van der Waals surface area contributed by atoms with Crippen LogP contribution in [0.1, 0.15) is 0 Å². The fourth-order valence-electron chi connectivity index (χ4n) is 0.287. The molecule has 0 aromatic rings. The lowest BCUT2D eigenvalue weighted by molar-refractivity contribution is -0.131. The average Bonchev–Trinajstić information content (AvgIpc) is 1.82. The Hall–Kier alpha value is 0.170. The van der Waals surface area contributed by atoms with Gasteiger partial charge in [0.25, 0.3) is 0 Å². The largest absolute Gasteiger partial charge is 0.478 e. The summed E-state index contributed by atoms with van der Waals surface area (Å²) in [6, 6.07) is 0. The van der Waals surface area contributed by atoms with Gasteiger partial charge in [-0.15, -0.1) is 0 Å². The molecule has 0 aliphatic carbocycles. The van der Waals surface area contributed by atoms with Crippen molar-refractivity contribution in [3.63, 3.8) is 0 Å². The lowest BCUT2D eigenvalue weighted by Gasteiger charge is -1.91. The first-order valence-electron chi connectivity index (χ1n) is 2.25. The van der Waals surface area contributed by atoms with E-state index in [9.17, 15) is 4.79 Å². The molecule has 0 aliphatic rings. The second kappa shape index (κ2) is 4.99. The predicted molar refractivity (Wildman–Crippen MR) is 43.3 cm³/mol. The number of rotatable bonds is 3. The second-order valence-corrected chi connectivity index (χ2v) is 2.53. The normalized spacial score (nSPS) is 8.67. The van der Waals surface area contributed by atoms with Crippen LogP contribution in [-0.2, 0) is 4.79 Å². The number of hydrogen-bond acceptors (Lipinski definition) is 1. The number of hydrogen-bond donors (Lipinski definition) is 1. The molecule has 0 aliphatic heterocycles. The van der Waals surface area contributed by atoms with Crippen LogP contribution in [0.15, 0.2) is 11.6 Å². The molecular formula is C5H6Br2O2. The maximum absolute atomic E-state index is 10.0. The van der Waals surface area contributed by atoms with E-state index in [4.69, 9.17) is 5.11 Å². The smallest absolute Gasteiger partial charge is 0.328 e. The molecule has 0 bridgehead atoms. The standard InChI is InChI=1S/C5H6Br2O2/c6-2-4(3-7)1-5(8)9/h1H,2-3H2,(H,8,9). The third-order valence-electron chi connectivity index (χ3n) is 0.671. The van der Waals surface area contributed by atoms with Gasteiger partial charge in [-0.05, 0) is 5.57 Å². The molecule has 0 aromatic heterocycles. The van der Waals surface area contributed by atoms with Crippen molar-refractivity contribution >= 4 is 37.8 Å². The van der Waals surface area contributed by atoms with Crippen LogP contribution in [0.4, 0.5) is 0 Å². The fourth-order valence-corrected chi connectivity index (χ4v) is 1.54. The minimum atomic E-state index is -0.899. The summed E-state index contributed by atoms with van der Waals surface area (Å²) in [4.78, 5) is 10.0. The Bertz CT molecular complexity index is 125. The molecule has 0 unspecified atom stereocenters. The van der Waals surface area contributed by atoms with E-state index in [1.807, 2.05) is 0 Å². The first-order valence-corrected chi connectivity index (χ1v) is 4.49. The lowest BCUT2D eigenvalue weighted by Crippen LogP contribution is -1.93. The van der Waals surface area contributed by atoms with Gasteiger partial charge in [0.1, 0.15) is 0 Å². The number of halogens is 2. The zero-order valence-electron chi connectivity index (χ0n) is 4.60. The monoisotopic (exact) mass is 256 g/mol. The molecule has 0 spiro atoms. The number of carboxylic acids is 1. The van der Waals surface area contributed by atoms with E-state index in [1.165, 1.54) is 6.08 Å². The van der Waals surface area contributed by atoms with E-state index in [-0.39, 0.29) is 0 Å². The van der Waals surface area contributed by atoms with Crippen LogP contribution in [0, 0.1) is 0 Å². The van der Waals surface area contributed by atoms with Gasteiger partial charge in [-0.1, -0.05) is 31.9 Å². The fraction of sp³-hybridized carbons (Fsp3) is 0.400. The van der Waals surface area contributed by atoms with Gasteiger partial charge < -0.3 is 5.11 Å². The van der Waals surface area contributed by atoms with Crippen molar-refractivity contribution in [2.45, 2.75) is 0 Å². The van der Waals surface area contributed by atoms with Crippen LogP contribution in [0.5, 0.6) is 0 Å². The van der Waals surface area contributed by atoms with Gasteiger partial charge in [-0.2, -0.15) is 0 Å². The summed E-state index contributed by atoms with van der Waals surface area (Å²) >= 11 is 6.29. The Kier molecular flexibility index (Phi) is 5.09. The molecule has 0 radical (unpaired) electrons. The van der Waals surface area contributed by atoms with Crippen LogP contribution in [-0.4, -0.2) is 21.7 Å². The highest BCUT2D eigenvalue weighted by atomic mass is 79.9. The summed E-state index contributed by atoms with van der Waals surface area (Å²) in [5.74, 6) is -0.899. The number of alkyl halides is 2. The van der Waals surface area contributed by atoms with Crippen LogP contribution in [0.2, 0.25) is 0 Å². The average molecular weight is 258 g/mol. The van der Waals surface area contributed by atoms with Crippen molar-refractivity contribution in [1.29, 1.82) is 0 Å². The molecule has 9 heavy (non-hydrogen) atoms. The van der Waals surface area contributed by atoms with Crippen molar-refractivity contribution in [3.05, 3.63) is 11.6 Å². The van der Waals surface area contributed by atoms with Crippen LogP contribution < -0.4 is 0 Å². The molecule has 0 fully saturated rings. The Labute approximate surface area is 70.2 Å². The Morgan fingerprint density at radius 2 is 1.89 bits per heavy atom. The van der Waals surface area contributed by atoms with E-state index in [0.29, 0.717) is 10.7 Å². The third kappa shape index (κ3) is 4.66. The van der Waals surface area contributed by atoms with Gasteiger partial charge in [0.05, 0.1) is 0 Å². The molecule has 0 saturated heterocycles. The Morgan fingerprint density at radius 1 is 1.44 bits per heavy atom. The molecule has 0 amide bonds. The van der Waals surface area contributed by atoms with E-state index in [2.05, 4.69) is 31.9 Å². The maximum atomic E-state index is 10.0. The Balaban J connectivity index is 3.91. The van der Waals surface area contributed by atoms with Crippen molar-refractivity contribution in [1.82, 2.24) is 0 Å². The number of carbonyl (C=O) groups is 1. The molecule has 52 valence electrons. The maximum Gasteiger partial charge on any atom is 0.328 e. The topological polar surface area (TPSA) is 37.3 Å². The van der Waals surface area contributed by atoms with E-state index in [0.717, 1.165) is 5.57 Å². The molecule has 0 heterocycles. The van der Waals surface area contributed by atoms with Gasteiger partial charge in [0, 0.05) is 16.7 Å².